The highest BCUT2D eigenvalue weighted by Gasteiger charge is 2.42. The van der Waals surface area contributed by atoms with Gasteiger partial charge in [0, 0.05) is 13.2 Å². The molecular weight excluding hydrogens is 272 g/mol. The van der Waals surface area contributed by atoms with Crippen LogP contribution in [0.2, 0.25) is 0 Å². The lowest BCUT2D eigenvalue weighted by Gasteiger charge is -2.45. The molecule has 2 fully saturated rings. The standard InChI is InChI=1S/C16H30O3S/c1-3-5-14(18-4-2)15(17)13-6-9-19-16(12-13)7-10-20-11-8-16/h13-15,17H,3-12H2,1-2H3. The van der Waals surface area contributed by atoms with Crippen LogP contribution >= 0.6 is 11.8 Å². The summed E-state index contributed by atoms with van der Waals surface area (Å²) in [6, 6.07) is 0. The van der Waals surface area contributed by atoms with Gasteiger partial charge in [0.15, 0.2) is 0 Å². The fourth-order valence-corrected chi connectivity index (χ4v) is 4.84. The van der Waals surface area contributed by atoms with Gasteiger partial charge < -0.3 is 14.6 Å². The molecule has 1 N–H and O–H groups in total. The van der Waals surface area contributed by atoms with E-state index in [9.17, 15) is 5.11 Å². The van der Waals surface area contributed by atoms with E-state index in [-0.39, 0.29) is 17.8 Å². The molecule has 0 aromatic carbocycles. The highest BCUT2D eigenvalue weighted by atomic mass is 32.2. The Morgan fingerprint density at radius 1 is 1.35 bits per heavy atom. The van der Waals surface area contributed by atoms with E-state index < -0.39 is 0 Å². The molecule has 0 amide bonds. The van der Waals surface area contributed by atoms with Gasteiger partial charge in [-0.1, -0.05) is 13.3 Å². The van der Waals surface area contributed by atoms with E-state index in [2.05, 4.69) is 6.92 Å². The summed E-state index contributed by atoms with van der Waals surface area (Å²) in [4.78, 5) is 0. The van der Waals surface area contributed by atoms with E-state index in [1.165, 1.54) is 11.5 Å². The number of hydrogen-bond donors (Lipinski definition) is 1. The zero-order valence-corrected chi connectivity index (χ0v) is 13.8. The number of aliphatic hydroxyl groups excluding tert-OH is 1. The van der Waals surface area contributed by atoms with Gasteiger partial charge in [-0.15, -0.1) is 0 Å². The molecule has 3 atom stereocenters. The third-order valence-electron chi connectivity index (χ3n) is 4.75. The van der Waals surface area contributed by atoms with Gasteiger partial charge >= 0.3 is 0 Å². The van der Waals surface area contributed by atoms with Gasteiger partial charge in [-0.05, 0) is 56.5 Å². The first-order valence-electron chi connectivity index (χ1n) is 8.22. The summed E-state index contributed by atoms with van der Waals surface area (Å²) >= 11 is 2.03. The minimum Gasteiger partial charge on any atom is -0.390 e. The smallest absolute Gasteiger partial charge is 0.0836 e. The van der Waals surface area contributed by atoms with Gasteiger partial charge in [-0.3, -0.25) is 0 Å². The van der Waals surface area contributed by atoms with E-state index in [0.29, 0.717) is 12.5 Å². The average Bonchev–Trinajstić information content (AvgIpc) is 2.47. The summed E-state index contributed by atoms with van der Waals surface area (Å²) in [5, 5.41) is 10.7. The maximum Gasteiger partial charge on any atom is 0.0836 e. The Labute approximate surface area is 127 Å². The predicted octanol–water partition coefficient (Wildman–Crippen LogP) is 3.24. The van der Waals surface area contributed by atoms with Crippen LogP contribution < -0.4 is 0 Å². The van der Waals surface area contributed by atoms with Crippen molar-refractivity contribution < 1.29 is 14.6 Å². The molecule has 3 nitrogen and oxygen atoms in total. The second-order valence-corrected chi connectivity index (χ2v) is 7.39. The molecule has 3 unspecified atom stereocenters. The van der Waals surface area contributed by atoms with Gasteiger partial charge in [0.2, 0.25) is 0 Å². The molecule has 0 saturated carbocycles. The Hall–Kier alpha value is 0.230. The van der Waals surface area contributed by atoms with Crippen LogP contribution in [0.5, 0.6) is 0 Å². The van der Waals surface area contributed by atoms with Crippen LogP contribution in [0.1, 0.15) is 52.4 Å². The molecule has 2 aliphatic heterocycles. The normalized spacial score (nSPS) is 29.2. The molecule has 118 valence electrons. The summed E-state index contributed by atoms with van der Waals surface area (Å²) < 4.78 is 11.9. The van der Waals surface area contributed by atoms with Crippen molar-refractivity contribution in [3.8, 4) is 0 Å². The monoisotopic (exact) mass is 302 g/mol. The van der Waals surface area contributed by atoms with Crippen LogP contribution in [0.15, 0.2) is 0 Å². The van der Waals surface area contributed by atoms with Crippen molar-refractivity contribution in [2.45, 2.75) is 70.2 Å². The zero-order chi connectivity index (χ0) is 14.4. The molecule has 0 bridgehead atoms. The molecule has 0 aliphatic carbocycles. The number of rotatable bonds is 6. The van der Waals surface area contributed by atoms with Crippen LogP contribution in [0.4, 0.5) is 0 Å². The summed E-state index contributed by atoms with van der Waals surface area (Å²) in [6.45, 7) is 5.66. The van der Waals surface area contributed by atoms with Crippen molar-refractivity contribution in [1.29, 1.82) is 0 Å². The number of ether oxygens (including phenoxy) is 2. The average molecular weight is 302 g/mol. The zero-order valence-electron chi connectivity index (χ0n) is 13.0. The maximum atomic E-state index is 10.7. The van der Waals surface area contributed by atoms with E-state index in [1.54, 1.807) is 0 Å². The van der Waals surface area contributed by atoms with Gasteiger partial charge in [-0.25, -0.2) is 0 Å². The van der Waals surface area contributed by atoms with E-state index in [0.717, 1.165) is 45.1 Å². The van der Waals surface area contributed by atoms with Gasteiger partial charge in [0.05, 0.1) is 17.8 Å². The maximum absolute atomic E-state index is 10.7. The van der Waals surface area contributed by atoms with Crippen LogP contribution in [0, 0.1) is 5.92 Å². The first-order chi connectivity index (χ1) is 9.71. The third-order valence-corrected chi connectivity index (χ3v) is 5.74. The van der Waals surface area contributed by atoms with Crippen LogP contribution in [0.3, 0.4) is 0 Å². The summed E-state index contributed by atoms with van der Waals surface area (Å²) in [6.07, 6.45) is 5.98. The van der Waals surface area contributed by atoms with Gasteiger partial charge in [0.1, 0.15) is 0 Å². The Balaban J connectivity index is 1.95. The van der Waals surface area contributed by atoms with Crippen LogP contribution in [0.25, 0.3) is 0 Å². The summed E-state index contributed by atoms with van der Waals surface area (Å²) in [7, 11) is 0. The molecule has 4 heteroatoms. The van der Waals surface area contributed by atoms with Crippen molar-refractivity contribution in [2.24, 2.45) is 5.92 Å². The van der Waals surface area contributed by atoms with Crippen LogP contribution in [-0.2, 0) is 9.47 Å². The Morgan fingerprint density at radius 2 is 2.10 bits per heavy atom. The molecule has 2 rings (SSSR count). The molecule has 2 heterocycles. The molecule has 2 saturated heterocycles. The molecular formula is C16H30O3S. The molecule has 20 heavy (non-hydrogen) atoms. The first kappa shape index (κ1) is 16.6. The van der Waals surface area contributed by atoms with Crippen LogP contribution in [-0.4, -0.2) is 47.6 Å². The van der Waals surface area contributed by atoms with E-state index >= 15 is 0 Å². The molecule has 0 aromatic rings. The lowest BCUT2D eigenvalue weighted by molar-refractivity contribution is -0.142. The van der Waals surface area contributed by atoms with Gasteiger partial charge in [0.25, 0.3) is 0 Å². The molecule has 1 spiro atoms. The number of hydrogen-bond acceptors (Lipinski definition) is 4. The predicted molar refractivity (Wildman–Crippen MR) is 84.3 cm³/mol. The Bertz CT molecular complexity index is 267. The highest BCUT2D eigenvalue weighted by Crippen LogP contribution is 2.41. The second kappa shape index (κ2) is 8.02. The summed E-state index contributed by atoms with van der Waals surface area (Å²) in [5.74, 6) is 2.74. The third kappa shape index (κ3) is 4.12. The van der Waals surface area contributed by atoms with Gasteiger partial charge in [-0.2, -0.15) is 11.8 Å². The number of aliphatic hydroxyl groups is 1. The fourth-order valence-electron chi connectivity index (χ4n) is 3.60. The largest absolute Gasteiger partial charge is 0.390 e. The topological polar surface area (TPSA) is 38.7 Å². The second-order valence-electron chi connectivity index (χ2n) is 6.17. The quantitative estimate of drug-likeness (QED) is 0.817. The first-order valence-corrected chi connectivity index (χ1v) is 9.37. The SMILES string of the molecule is CCCC(OCC)C(O)C1CCOC2(CCSCC2)C1. The molecule has 0 radical (unpaired) electrons. The highest BCUT2D eigenvalue weighted by molar-refractivity contribution is 7.99. The lowest BCUT2D eigenvalue weighted by Crippen LogP contribution is -2.48. The fraction of sp³-hybridized carbons (Fsp3) is 1.00. The number of thioether (sulfide) groups is 1. The molecule has 0 aromatic heterocycles. The Morgan fingerprint density at radius 3 is 2.75 bits per heavy atom. The van der Waals surface area contributed by atoms with E-state index in [1.807, 2.05) is 18.7 Å². The minimum absolute atomic E-state index is 0.00288. The van der Waals surface area contributed by atoms with Crippen molar-refractivity contribution in [3.05, 3.63) is 0 Å². The summed E-state index contributed by atoms with van der Waals surface area (Å²) in [5.41, 5.74) is 0.0537. The van der Waals surface area contributed by atoms with Crippen molar-refractivity contribution >= 4 is 11.8 Å². The van der Waals surface area contributed by atoms with Crippen molar-refractivity contribution in [1.82, 2.24) is 0 Å². The van der Waals surface area contributed by atoms with Crippen molar-refractivity contribution in [3.63, 3.8) is 0 Å². The van der Waals surface area contributed by atoms with E-state index in [4.69, 9.17) is 9.47 Å². The Kier molecular flexibility index (Phi) is 6.66. The lowest BCUT2D eigenvalue weighted by atomic mass is 9.78. The van der Waals surface area contributed by atoms with Crippen molar-refractivity contribution in [2.75, 3.05) is 24.7 Å². The molecule has 2 aliphatic rings. The minimum atomic E-state index is -0.328.